The molecule has 0 aromatic heterocycles. The zero-order chi connectivity index (χ0) is 13.8. The van der Waals surface area contributed by atoms with Crippen LogP contribution in [0.2, 0.25) is 0 Å². The molecule has 2 aromatic carbocycles. The Kier molecular flexibility index (Phi) is 4.23. The zero-order valence-electron chi connectivity index (χ0n) is 11.6. The second kappa shape index (κ2) is 5.89. The van der Waals surface area contributed by atoms with E-state index in [9.17, 15) is 0 Å². The SMILES string of the molecule is CC(C)c1ccc(N)c(C(N)Cc2ccccc2)c1. The van der Waals surface area contributed by atoms with Crippen molar-refractivity contribution in [1.82, 2.24) is 0 Å². The summed E-state index contributed by atoms with van der Waals surface area (Å²) < 4.78 is 0. The van der Waals surface area contributed by atoms with E-state index in [4.69, 9.17) is 11.5 Å². The number of benzene rings is 2. The molecular formula is C17H22N2. The molecule has 0 aliphatic heterocycles. The zero-order valence-corrected chi connectivity index (χ0v) is 11.6. The molecule has 100 valence electrons. The number of hydrogen-bond donors (Lipinski definition) is 2. The van der Waals surface area contributed by atoms with Gasteiger partial charge in [0, 0.05) is 11.7 Å². The highest BCUT2D eigenvalue weighted by Crippen LogP contribution is 2.26. The lowest BCUT2D eigenvalue weighted by atomic mass is 9.93. The summed E-state index contributed by atoms with van der Waals surface area (Å²) in [5.74, 6) is 0.489. The largest absolute Gasteiger partial charge is 0.398 e. The fourth-order valence-corrected chi connectivity index (χ4v) is 2.25. The van der Waals surface area contributed by atoms with E-state index in [0.717, 1.165) is 17.7 Å². The van der Waals surface area contributed by atoms with Crippen molar-refractivity contribution in [3.05, 3.63) is 65.2 Å². The molecule has 2 heteroatoms. The van der Waals surface area contributed by atoms with Gasteiger partial charge in [0.05, 0.1) is 0 Å². The van der Waals surface area contributed by atoms with Crippen LogP contribution >= 0.6 is 0 Å². The Hall–Kier alpha value is -1.80. The third kappa shape index (κ3) is 3.36. The summed E-state index contributed by atoms with van der Waals surface area (Å²) in [5.41, 5.74) is 16.7. The molecule has 19 heavy (non-hydrogen) atoms. The van der Waals surface area contributed by atoms with E-state index in [1.54, 1.807) is 0 Å². The maximum absolute atomic E-state index is 6.32. The summed E-state index contributed by atoms with van der Waals surface area (Å²) in [7, 11) is 0. The summed E-state index contributed by atoms with van der Waals surface area (Å²) >= 11 is 0. The Morgan fingerprint density at radius 2 is 1.68 bits per heavy atom. The van der Waals surface area contributed by atoms with Crippen molar-refractivity contribution in [3.8, 4) is 0 Å². The molecule has 1 atom stereocenters. The molecule has 2 nitrogen and oxygen atoms in total. The lowest BCUT2D eigenvalue weighted by Gasteiger charge is -2.17. The first kappa shape index (κ1) is 13.6. The highest BCUT2D eigenvalue weighted by atomic mass is 14.7. The van der Waals surface area contributed by atoms with Gasteiger partial charge < -0.3 is 11.5 Å². The average molecular weight is 254 g/mol. The Morgan fingerprint density at radius 1 is 1.00 bits per heavy atom. The lowest BCUT2D eigenvalue weighted by molar-refractivity contribution is 0.720. The van der Waals surface area contributed by atoms with Gasteiger partial charge in [0.2, 0.25) is 0 Å². The van der Waals surface area contributed by atoms with Gasteiger partial charge in [-0.25, -0.2) is 0 Å². The van der Waals surface area contributed by atoms with Crippen molar-refractivity contribution in [3.63, 3.8) is 0 Å². The number of anilines is 1. The highest BCUT2D eigenvalue weighted by molar-refractivity contribution is 5.51. The summed E-state index contributed by atoms with van der Waals surface area (Å²) in [5, 5.41) is 0. The summed E-state index contributed by atoms with van der Waals surface area (Å²) in [4.78, 5) is 0. The predicted molar refractivity (Wildman–Crippen MR) is 82.0 cm³/mol. The standard InChI is InChI=1S/C17H22N2/c1-12(2)14-8-9-16(18)15(11-14)17(19)10-13-6-4-3-5-7-13/h3-9,11-12,17H,10,18-19H2,1-2H3. The highest BCUT2D eigenvalue weighted by Gasteiger charge is 2.12. The molecule has 0 spiro atoms. The van der Waals surface area contributed by atoms with Gasteiger partial charge in [0.15, 0.2) is 0 Å². The second-order valence-electron chi connectivity index (χ2n) is 5.34. The van der Waals surface area contributed by atoms with E-state index in [0.29, 0.717) is 5.92 Å². The van der Waals surface area contributed by atoms with Gasteiger partial charge in [-0.15, -0.1) is 0 Å². The number of rotatable bonds is 4. The van der Waals surface area contributed by atoms with Crippen LogP contribution in [0.1, 0.15) is 42.5 Å². The van der Waals surface area contributed by atoms with Crippen molar-refractivity contribution in [2.45, 2.75) is 32.2 Å². The molecule has 4 N–H and O–H groups in total. The first-order chi connectivity index (χ1) is 9.08. The van der Waals surface area contributed by atoms with Crippen LogP contribution in [0.5, 0.6) is 0 Å². The van der Waals surface area contributed by atoms with Crippen LogP contribution in [0.3, 0.4) is 0 Å². The molecule has 2 aromatic rings. The molecular weight excluding hydrogens is 232 g/mol. The second-order valence-corrected chi connectivity index (χ2v) is 5.34. The minimum atomic E-state index is -0.0545. The van der Waals surface area contributed by atoms with Crippen molar-refractivity contribution < 1.29 is 0 Å². The van der Waals surface area contributed by atoms with Gasteiger partial charge in [0.25, 0.3) is 0 Å². The van der Waals surface area contributed by atoms with Crippen LogP contribution in [0.4, 0.5) is 5.69 Å². The van der Waals surface area contributed by atoms with Crippen LogP contribution in [0, 0.1) is 0 Å². The van der Waals surface area contributed by atoms with Gasteiger partial charge >= 0.3 is 0 Å². The molecule has 0 bridgehead atoms. The molecule has 2 rings (SSSR count). The quantitative estimate of drug-likeness (QED) is 0.818. The molecule has 1 unspecified atom stereocenters. The molecule has 0 aliphatic rings. The van der Waals surface area contributed by atoms with Gasteiger partial charge in [-0.05, 0) is 35.1 Å². The van der Waals surface area contributed by atoms with E-state index < -0.39 is 0 Å². The minimum absolute atomic E-state index is 0.0545. The van der Waals surface area contributed by atoms with Gasteiger partial charge in [0.1, 0.15) is 0 Å². The van der Waals surface area contributed by atoms with E-state index in [1.807, 2.05) is 24.3 Å². The monoisotopic (exact) mass is 254 g/mol. The van der Waals surface area contributed by atoms with E-state index >= 15 is 0 Å². The Bertz CT molecular complexity index is 532. The van der Waals surface area contributed by atoms with Gasteiger partial charge in [-0.3, -0.25) is 0 Å². The van der Waals surface area contributed by atoms with E-state index in [-0.39, 0.29) is 6.04 Å². The van der Waals surface area contributed by atoms with Crippen molar-refractivity contribution in [2.75, 3.05) is 5.73 Å². The van der Waals surface area contributed by atoms with Crippen molar-refractivity contribution in [2.24, 2.45) is 5.73 Å². The van der Waals surface area contributed by atoms with Crippen LogP contribution in [-0.2, 0) is 6.42 Å². The smallest absolute Gasteiger partial charge is 0.0362 e. The maximum Gasteiger partial charge on any atom is 0.0362 e. The van der Waals surface area contributed by atoms with Gasteiger partial charge in [-0.1, -0.05) is 56.3 Å². The summed E-state index contributed by atoms with van der Waals surface area (Å²) in [6.45, 7) is 4.36. The molecule has 0 amide bonds. The molecule has 0 fully saturated rings. The van der Waals surface area contributed by atoms with Crippen LogP contribution in [-0.4, -0.2) is 0 Å². The normalized spacial score (nSPS) is 12.6. The summed E-state index contributed by atoms with van der Waals surface area (Å²) in [6.07, 6.45) is 0.812. The number of nitrogen functional groups attached to an aromatic ring is 1. The molecule has 0 heterocycles. The van der Waals surface area contributed by atoms with Crippen LogP contribution < -0.4 is 11.5 Å². The molecule has 0 saturated carbocycles. The fourth-order valence-electron chi connectivity index (χ4n) is 2.25. The summed E-state index contributed by atoms with van der Waals surface area (Å²) in [6, 6.07) is 16.4. The van der Waals surface area contributed by atoms with Crippen LogP contribution in [0.15, 0.2) is 48.5 Å². The number of nitrogens with two attached hydrogens (primary N) is 2. The Balaban J connectivity index is 2.23. The van der Waals surface area contributed by atoms with Crippen molar-refractivity contribution >= 4 is 5.69 Å². The Labute approximate surface area is 115 Å². The molecule has 0 saturated heterocycles. The Morgan fingerprint density at radius 3 is 2.32 bits per heavy atom. The van der Waals surface area contributed by atoms with Crippen LogP contribution in [0.25, 0.3) is 0 Å². The fraction of sp³-hybridized carbons (Fsp3) is 0.294. The topological polar surface area (TPSA) is 52.0 Å². The maximum atomic E-state index is 6.32. The van der Waals surface area contributed by atoms with Crippen molar-refractivity contribution in [1.29, 1.82) is 0 Å². The molecule has 0 aliphatic carbocycles. The first-order valence-electron chi connectivity index (χ1n) is 6.76. The lowest BCUT2D eigenvalue weighted by Crippen LogP contribution is -2.15. The third-order valence-electron chi connectivity index (χ3n) is 3.48. The van der Waals surface area contributed by atoms with Gasteiger partial charge in [-0.2, -0.15) is 0 Å². The average Bonchev–Trinajstić information content (AvgIpc) is 2.40. The molecule has 0 radical (unpaired) electrons. The predicted octanol–water partition coefficient (Wildman–Crippen LogP) is 3.63. The third-order valence-corrected chi connectivity index (χ3v) is 3.48. The minimum Gasteiger partial charge on any atom is -0.398 e. The van der Waals surface area contributed by atoms with E-state index in [1.165, 1.54) is 11.1 Å². The first-order valence-corrected chi connectivity index (χ1v) is 6.76. The number of hydrogen-bond acceptors (Lipinski definition) is 2. The van der Waals surface area contributed by atoms with E-state index in [2.05, 4.69) is 38.1 Å².